The maximum Gasteiger partial charge on any atom is 0.291 e. The molecule has 16 nitrogen and oxygen atoms in total. The molecule has 0 bridgehead atoms. The van der Waals surface area contributed by atoms with Gasteiger partial charge < -0.3 is 65.7 Å². The predicted molar refractivity (Wildman–Crippen MR) is 115 cm³/mol. The number of para-hydroxylation sites is 1. The number of fused-ring (bicyclic) bond motifs is 1. The number of nitrogens with one attached hydrogen (secondary N) is 1. The van der Waals surface area contributed by atoms with Gasteiger partial charge in [0, 0.05) is 11.7 Å². The van der Waals surface area contributed by atoms with E-state index < -0.39 is 61.0 Å². The number of nitrogens with zero attached hydrogens (tertiary/aromatic N) is 1. The molecule has 2 aromatic rings. The van der Waals surface area contributed by atoms with E-state index in [9.17, 15) is 9.59 Å². The van der Waals surface area contributed by atoms with Crippen LogP contribution < -0.4 is 0 Å². The molecule has 16 heteroatoms. The fraction of sp³-hybridized carbons (Fsp3) is 0.474. The monoisotopic (exact) mass is 510 g/mol. The zero-order chi connectivity index (χ0) is 27.6. The van der Waals surface area contributed by atoms with E-state index in [2.05, 4.69) is 23.2 Å². The van der Waals surface area contributed by atoms with Gasteiger partial charge >= 0.3 is 0 Å². The summed E-state index contributed by atoms with van der Waals surface area (Å²) in [5.74, 6) is 0. The number of aliphatic hydroxyl groups excluding tert-OH is 9. The van der Waals surface area contributed by atoms with Gasteiger partial charge in [0.25, 0.3) is 5.09 Å². The summed E-state index contributed by atoms with van der Waals surface area (Å²) >= 11 is 0. The van der Waals surface area contributed by atoms with Gasteiger partial charge in [-0.2, -0.15) is 0 Å². The molecule has 1 aromatic carbocycles. The van der Waals surface area contributed by atoms with Crippen LogP contribution in [0.1, 0.15) is 0 Å². The molecule has 0 amide bonds. The lowest BCUT2D eigenvalue weighted by Crippen LogP contribution is -2.46. The molecular weight excluding hydrogens is 480 g/mol. The molecule has 0 saturated carbocycles. The molecule has 0 aliphatic heterocycles. The number of hydrogen-bond donors (Lipinski definition) is 11. The molecule has 200 valence electrons. The highest BCUT2D eigenvalue weighted by Crippen LogP contribution is 2.09. The van der Waals surface area contributed by atoms with Crippen molar-refractivity contribution in [3.8, 4) is 0 Å². The van der Waals surface area contributed by atoms with Crippen molar-refractivity contribution >= 4 is 23.5 Å². The minimum atomic E-state index is -1.79. The van der Waals surface area contributed by atoms with Gasteiger partial charge in [-0.05, 0) is 17.5 Å². The van der Waals surface area contributed by atoms with Gasteiger partial charge in [-0.3, -0.25) is 0 Å². The van der Waals surface area contributed by atoms with Crippen LogP contribution in [0.5, 0.6) is 0 Å². The lowest BCUT2D eigenvalue weighted by molar-refractivity contribution is -0.742. The zero-order valence-electron chi connectivity index (χ0n) is 18.1. The Bertz CT molecular complexity index is 800. The standard InChI is InChI=1S/C8H7N.C6H12O6.C5H10O5.HNO3/c1-2-4-8-7(3-1)5-6-9-8;7-1-3(9)5(11)6(12)4(10)2-8;6-1-3(8)5(10)4(9)2-7;2-1(3)4/h1-6,9H;1,3-6,8-12H,2H2;1,3-5,7-10H,2H2;(H,2,3,4). The van der Waals surface area contributed by atoms with Crippen molar-refractivity contribution in [3.63, 3.8) is 0 Å². The van der Waals surface area contributed by atoms with Crippen molar-refractivity contribution in [2.75, 3.05) is 13.2 Å². The highest BCUT2D eigenvalue weighted by Gasteiger charge is 2.29. The summed E-state index contributed by atoms with van der Waals surface area (Å²) in [6.45, 7) is -1.45. The number of H-pyrrole nitrogens is 1. The molecule has 11 N–H and O–H groups in total. The molecule has 0 aliphatic carbocycles. The van der Waals surface area contributed by atoms with E-state index in [-0.39, 0.29) is 12.6 Å². The quantitative estimate of drug-likeness (QED) is 0.0864. The molecule has 1 aromatic heterocycles. The van der Waals surface area contributed by atoms with Crippen molar-refractivity contribution in [3.05, 3.63) is 46.6 Å². The molecular formula is C19H30N2O14. The van der Waals surface area contributed by atoms with Crippen LogP contribution >= 0.6 is 0 Å². The third-order valence-corrected chi connectivity index (χ3v) is 3.95. The average Bonchev–Trinajstić information content (AvgIpc) is 3.34. The Morgan fingerprint density at radius 2 is 1.23 bits per heavy atom. The second-order valence-corrected chi connectivity index (χ2v) is 6.53. The molecule has 7 unspecified atom stereocenters. The highest BCUT2D eigenvalue weighted by molar-refractivity contribution is 5.78. The minimum Gasteiger partial charge on any atom is -0.394 e. The molecule has 0 spiro atoms. The zero-order valence-corrected chi connectivity index (χ0v) is 18.1. The Morgan fingerprint density at radius 1 is 0.800 bits per heavy atom. The average molecular weight is 510 g/mol. The van der Waals surface area contributed by atoms with Crippen LogP contribution in [0.2, 0.25) is 0 Å². The second kappa shape index (κ2) is 19.3. The lowest BCUT2D eigenvalue weighted by atomic mass is 10.0. The Labute approximate surface area is 197 Å². The van der Waals surface area contributed by atoms with Crippen LogP contribution in [0.3, 0.4) is 0 Å². The maximum absolute atomic E-state index is 9.90. The smallest absolute Gasteiger partial charge is 0.291 e. The van der Waals surface area contributed by atoms with E-state index in [0.29, 0.717) is 0 Å². The first-order valence-electron chi connectivity index (χ1n) is 9.61. The first-order valence-corrected chi connectivity index (χ1v) is 9.61. The Kier molecular flexibility index (Phi) is 18.8. The first kappa shape index (κ1) is 34.1. The third kappa shape index (κ3) is 14.7. The summed E-state index contributed by atoms with van der Waals surface area (Å²) in [4.78, 5) is 31.1. The maximum atomic E-state index is 9.90. The summed E-state index contributed by atoms with van der Waals surface area (Å²) < 4.78 is 0. The molecule has 0 fully saturated rings. The number of aromatic amines is 1. The van der Waals surface area contributed by atoms with Gasteiger partial charge in [0.05, 0.1) is 13.2 Å². The van der Waals surface area contributed by atoms with Crippen LogP contribution in [0, 0.1) is 10.1 Å². The van der Waals surface area contributed by atoms with Crippen molar-refractivity contribution in [1.82, 2.24) is 4.98 Å². The fourth-order valence-corrected chi connectivity index (χ4v) is 2.03. The number of benzene rings is 1. The first-order chi connectivity index (χ1) is 16.4. The minimum absolute atomic E-state index is 0.0258. The number of aromatic nitrogens is 1. The number of carbonyl (C=O) groups excluding carboxylic acids is 2. The van der Waals surface area contributed by atoms with Crippen LogP contribution in [0.25, 0.3) is 10.9 Å². The van der Waals surface area contributed by atoms with Crippen molar-refractivity contribution in [2.24, 2.45) is 0 Å². The normalized spacial score (nSPS) is 16.1. The van der Waals surface area contributed by atoms with Gasteiger partial charge in [0.2, 0.25) is 0 Å². The van der Waals surface area contributed by atoms with Crippen molar-refractivity contribution in [2.45, 2.75) is 42.7 Å². The number of aldehydes is 2. The van der Waals surface area contributed by atoms with E-state index in [1.165, 1.54) is 10.9 Å². The van der Waals surface area contributed by atoms with Gasteiger partial charge in [-0.25, -0.2) is 0 Å². The van der Waals surface area contributed by atoms with E-state index >= 15 is 0 Å². The summed E-state index contributed by atoms with van der Waals surface area (Å²) in [6.07, 6.45) is -9.52. The van der Waals surface area contributed by atoms with E-state index in [0.717, 1.165) is 0 Å². The predicted octanol–water partition coefficient (Wildman–Crippen LogP) is -4.30. The van der Waals surface area contributed by atoms with Crippen LogP contribution in [0.4, 0.5) is 0 Å². The van der Waals surface area contributed by atoms with E-state index in [4.69, 9.17) is 61.3 Å². The largest absolute Gasteiger partial charge is 0.394 e. The Hall–Kier alpha value is -3.06. The molecule has 2 rings (SSSR count). The number of aliphatic hydroxyl groups is 9. The van der Waals surface area contributed by atoms with Gasteiger partial charge in [-0.1, -0.05) is 18.2 Å². The molecule has 0 aliphatic rings. The molecule has 0 radical (unpaired) electrons. The highest BCUT2D eigenvalue weighted by atomic mass is 16.9. The lowest BCUT2D eigenvalue weighted by Gasteiger charge is -2.22. The summed E-state index contributed by atoms with van der Waals surface area (Å²) in [7, 11) is 0. The van der Waals surface area contributed by atoms with Gasteiger partial charge in [-0.15, -0.1) is 10.1 Å². The van der Waals surface area contributed by atoms with Crippen LogP contribution in [-0.2, 0) is 9.59 Å². The molecule has 7 atom stereocenters. The number of hydrogen-bond acceptors (Lipinski definition) is 13. The van der Waals surface area contributed by atoms with Crippen LogP contribution in [0.15, 0.2) is 36.5 Å². The van der Waals surface area contributed by atoms with Gasteiger partial charge in [0.1, 0.15) is 42.7 Å². The van der Waals surface area contributed by atoms with Crippen LogP contribution in [-0.4, -0.2) is 130 Å². The topological polar surface area (TPSA) is 295 Å². The molecule has 0 saturated heterocycles. The van der Waals surface area contributed by atoms with E-state index in [1.54, 1.807) is 0 Å². The summed E-state index contributed by atoms with van der Waals surface area (Å²) in [5.41, 5.74) is 1.21. The number of carbonyl (C=O) groups is 2. The third-order valence-electron chi connectivity index (χ3n) is 3.95. The Morgan fingerprint density at radius 3 is 1.66 bits per heavy atom. The van der Waals surface area contributed by atoms with Crippen molar-refractivity contribution in [1.29, 1.82) is 0 Å². The van der Waals surface area contributed by atoms with Crippen molar-refractivity contribution < 1.29 is 65.8 Å². The summed E-state index contributed by atoms with van der Waals surface area (Å²) in [6, 6.07) is 10.3. The molecule has 1 heterocycles. The molecule has 35 heavy (non-hydrogen) atoms. The van der Waals surface area contributed by atoms with E-state index in [1.807, 2.05) is 18.3 Å². The Balaban J connectivity index is 0. The summed E-state index contributed by atoms with van der Waals surface area (Å²) in [5, 5.41) is 92.5. The number of rotatable bonds is 9. The SMILES string of the molecule is O=CC(O)C(O)C(O)C(O)CO.O=CC(O)C(O)C(O)CO.O=[N+]([O-])O.c1ccc2[nH]ccc2c1. The fourth-order valence-electron chi connectivity index (χ4n) is 2.03. The van der Waals surface area contributed by atoms with Gasteiger partial charge in [0.15, 0.2) is 12.6 Å². The second-order valence-electron chi connectivity index (χ2n) is 6.53.